The molecule has 7 heteroatoms. The molecule has 0 spiro atoms. The molecular formula is C26H26ClN5O. The summed E-state index contributed by atoms with van der Waals surface area (Å²) in [5, 5.41) is 12.4. The number of rotatable bonds is 4. The number of halogens is 1. The van der Waals surface area contributed by atoms with Gasteiger partial charge in [0.1, 0.15) is 5.82 Å². The van der Waals surface area contributed by atoms with Crippen LogP contribution in [0.2, 0.25) is 5.02 Å². The maximum Gasteiger partial charge on any atom is 0.256 e. The van der Waals surface area contributed by atoms with Crippen LogP contribution in [0.25, 0.3) is 16.9 Å². The number of hydrogen-bond acceptors (Lipinski definition) is 4. The lowest BCUT2D eigenvalue weighted by atomic mass is 9.89. The summed E-state index contributed by atoms with van der Waals surface area (Å²) in [6.45, 7) is 3.95. The molecule has 33 heavy (non-hydrogen) atoms. The highest BCUT2D eigenvalue weighted by Crippen LogP contribution is 2.32. The van der Waals surface area contributed by atoms with E-state index in [4.69, 9.17) is 11.6 Å². The molecule has 1 saturated carbocycles. The van der Waals surface area contributed by atoms with Crippen LogP contribution < -0.4 is 5.32 Å². The molecule has 1 aliphatic carbocycles. The molecule has 2 aromatic heterocycles. The third kappa shape index (κ3) is 4.23. The van der Waals surface area contributed by atoms with E-state index in [0.29, 0.717) is 22.9 Å². The maximum absolute atomic E-state index is 13.2. The predicted octanol–water partition coefficient (Wildman–Crippen LogP) is 6.36. The lowest BCUT2D eigenvalue weighted by Crippen LogP contribution is -2.15. The third-order valence-corrected chi connectivity index (χ3v) is 6.99. The van der Waals surface area contributed by atoms with Crippen LogP contribution in [-0.2, 0) is 0 Å². The zero-order chi connectivity index (χ0) is 22.9. The second kappa shape index (κ2) is 8.94. The minimum absolute atomic E-state index is 0.173. The summed E-state index contributed by atoms with van der Waals surface area (Å²) in [5.74, 6) is 1.71. The Balaban J connectivity index is 1.43. The highest BCUT2D eigenvalue weighted by Gasteiger charge is 2.22. The molecule has 1 amide bonds. The fourth-order valence-corrected chi connectivity index (χ4v) is 4.83. The number of benzene rings is 2. The molecule has 0 radical (unpaired) electrons. The van der Waals surface area contributed by atoms with Gasteiger partial charge in [0.25, 0.3) is 11.7 Å². The SMILES string of the molecule is Cc1cc(-c2cccc(C(=O)Nc3cnc4nnc(C5CCCCC5)n4c3)c2C)ccc1Cl. The fraction of sp³-hybridized carbons (Fsp3) is 0.308. The summed E-state index contributed by atoms with van der Waals surface area (Å²) in [5.41, 5.74) is 5.21. The minimum atomic E-state index is -0.173. The summed E-state index contributed by atoms with van der Waals surface area (Å²) >= 11 is 6.19. The predicted molar refractivity (Wildman–Crippen MR) is 131 cm³/mol. The molecule has 1 fully saturated rings. The summed E-state index contributed by atoms with van der Waals surface area (Å²) < 4.78 is 1.92. The molecule has 0 saturated heterocycles. The lowest BCUT2D eigenvalue weighted by Gasteiger charge is -2.19. The minimum Gasteiger partial charge on any atom is -0.319 e. The van der Waals surface area contributed by atoms with Gasteiger partial charge in [-0.1, -0.05) is 49.1 Å². The smallest absolute Gasteiger partial charge is 0.256 e. The first kappa shape index (κ1) is 21.6. The van der Waals surface area contributed by atoms with E-state index in [-0.39, 0.29) is 5.91 Å². The average Bonchev–Trinajstić information content (AvgIpc) is 3.25. The Morgan fingerprint density at radius 3 is 2.70 bits per heavy atom. The number of fused-ring (bicyclic) bond motifs is 1. The number of carbonyl (C=O) groups excluding carboxylic acids is 1. The zero-order valence-electron chi connectivity index (χ0n) is 18.8. The van der Waals surface area contributed by atoms with Crippen LogP contribution in [0, 0.1) is 13.8 Å². The van der Waals surface area contributed by atoms with Crippen molar-refractivity contribution < 1.29 is 4.79 Å². The highest BCUT2D eigenvalue weighted by molar-refractivity contribution is 6.31. The van der Waals surface area contributed by atoms with Gasteiger partial charge in [0.2, 0.25) is 0 Å². The highest BCUT2D eigenvalue weighted by atomic mass is 35.5. The van der Waals surface area contributed by atoms with Crippen molar-refractivity contribution in [3.05, 3.63) is 76.3 Å². The molecule has 1 N–H and O–H groups in total. The summed E-state index contributed by atoms with van der Waals surface area (Å²) in [6.07, 6.45) is 9.46. The van der Waals surface area contributed by atoms with Gasteiger partial charge in [-0.05, 0) is 67.1 Å². The molecular weight excluding hydrogens is 434 g/mol. The topological polar surface area (TPSA) is 72.2 Å². The van der Waals surface area contributed by atoms with Gasteiger partial charge < -0.3 is 5.32 Å². The molecule has 4 aromatic rings. The van der Waals surface area contributed by atoms with Crippen LogP contribution in [0.4, 0.5) is 5.69 Å². The first-order chi connectivity index (χ1) is 16.0. The zero-order valence-corrected chi connectivity index (χ0v) is 19.6. The maximum atomic E-state index is 13.2. The molecule has 168 valence electrons. The van der Waals surface area contributed by atoms with Gasteiger partial charge in [-0.2, -0.15) is 0 Å². The van der Waals surface area contributed by atoms with Crippen molar-refractivity contribution in [3.63, 3.8) is 0 Å². The molecule has 0 bridgehead atoms. The average molecular weight is 460 g/mol. The van der Waals surface area contributed by atoms with Gasteiger partial charge in [-0.15, -0.1) is 10.2 Å². The van der Waals surface area contributed by atoms with Crippen LogP contribution in [-0.4, -0.2) is 25.5 Å². The van der Waals surface area contributed by atoms with E-state index in [1.807, 2.05) is 60.8 Å². The van der Waals surface area contributed by atoms with E-state index < -0.39 is 0 Å². The van der Waals surface area contributed by atoms with Gasteiger partial charge in [0, 0.05) is 22.7 Å². The van der Waals surface area contributed by atoms with E-state index in [9.17, 15) is 4.79 Å². The van der Waals surface area contributed by atoms with Crippen molar-refractivity contribution >= 4 is 29.0 Å². The Morgan fingerprint density at radius 1 is 1.09 bits per heavy atom. The third-order valence-electron chi connectivity index (χ3n) is 6.57. The number of aryl methyl sites for hydroxylation is 1. The standard InChI is InChI=1S/C26H26ClN5O/c1-16-13-19(11-12-23(16)27)21-9-6-10-22(17(21)2)25(33)29-20-14-28-26-31-30-24(32(26)15-20)18-7-4-3-5-8-18/h6,9-15,18H,3-5,7-8H2,1-2H3,(H,29,33). The fourth-order valence-electron chi connectivity index (χ4n) is 4.72. The molecule has 2 aromatic carbocycles. The number of amides is 1. The largest absolute Gasteiger partial charge is 0.319 e. The molecule has 2 heterocycles. The van der Waals surface area contributed by atoms with E-state index >= 15 is 0 Å². The van der Waals surface area contributed by atoms with Crippen LogP contribution in [0.3, 0.4) is 0 Å². The van der Waals surface area contributed by atoms with E-state index in [1.165, 1.54) is 19.3 Å². The van der Waals surface area contributed by atoms with E-state index in [2.05, 4.69) is 20.5 Å². The Hall–Kier alpha value is -3.25. The molecule has 1 aliphatic rings. The number of aromatic nitrogens is 4. The van der Waals surface area contributed by atoms with Crippen molar-refractivity contribution in [1.29, 1.82) is 0 Å². The Morgan fingerprint density at radius 2 is 1.91 bits per heavy atom. The first-order valence-electron chi connectivity index (χ1n) is 11.4. The number of nitrogens with zero attached hydrogens (tertiary/aromatic N) is 4. The van der Waals surface area contributed by atoms with Gasteiger partial charge in [-0.3, -0.25) is 9.20 Å². The summed E-state index contributed by atoms with van der Waals surface area (Å²) in [7, 11) is 0. The van der Waals surface area contributed by atoms with Gasteiger partial charge >= 0.3 is 0 Å². The van der Waals surface area contributed by atoms with Crippen LogP contribution in [0.1, 0.15) is 65.3 Å². The Bertz CT molecular complexity index is 1340. The second-order valence-electron chi connectivity index (χ2n) is 8.80. The van der Waals surface area contributed by atoms with Gasteiger partial charge in [0.15, 0.2) is 0 Å². The van der Waals surface area contributed by atoms with Gasteiger partial charge in [-0.25, -0.2) is 4.98 Å². The van der Waals surface area contributed by atoms with Crippen LogP contribution >= 0.6 is 11.6 Å². The van der Waals surface area contributed by atoms with Crippen LogP contribution in [0.5, 0.6) is 0 Å². The lowest BCUT2D eigenvalue weighted by molar-refractivity contribution is 0.102. The molecule has 0 unspecified atom stereocenters. The summed E-state index contributed by atoms with van der Waals surface area (Å²) in [4.78, 5) is 17.6. The van der Waals surface area contributed by atoms with E-state index in [0.717, 1.165) is 45.9 Å². The van der Waals surface area contributed by atoms with Crippen LogP contribution in [0.15, 0.2) is 48.8 Å². The molecule has 6 nitrogen and oxygen atoms in total. The van der Waals surface area contributed by atoms with Crippen molar-refractivity contribution in [2.45, 2.75) is 51.9 Å². The van der Waals surface area contributed by atoms with Crippen molar-refractivity contribution in [2.75, 3.05) is 5.32 Å². The number of nitrogens with one attached hydrogen (secondary N) is 1. The van der Waals surface area contributed by atoms with Crippen molar-refractivity contribution in [2.24, 2.45) is 0 Å². The van der Waals surface area contributed by atoms with Crippen molar-refractivity contribution in [3.8, 4) is 11.1 Å². The quantitative estimate of drug-likeness (QED) is 0.385. The van der Waals surface area contributed by atoms with Gasteiger partial charge in [0.05, 0.1) is 11.9 Å². The molecule has 0 atom stereocenters. The second-order valence-corrected chi connectivity index (χ2v) is 9.21. The Labute approximate surface area is 198 Å². The number of hydrogen-bond donors (Lipinski definition) is 1. The molecule has 0 aliphatic heterocycles. The summed E-state index contributed by atoms with van der Waals surface area (Å²) in [6, 6.07) is 11.7. The molecule has 5 rings (SSSR count). The number of anilines is 1. The Kier molecular flexibility index (Phi) is 5.85. The monoisotopic (exact) mass is 459 g/mol. The van der Waals surface area contributed by atoms with Crippen molar-refractivity contribution in [1.82, 2.24) is 19.6 Å². The first-order valence-corrected chi connectivity index (χ1v) is 11.8. The van der Waals surface area contributed by atoms with E-state index in [1.54, 1.807) is 6.20 Å². The normalized spacial score (nSPS) is 14.5. The number of carbonyl (C=O) groups is 1.